The lowest BCUT2D eigenvalue weighted by molar-refractivity contribution is 0.376. The van der Waals surface area contributed by atoms with Crippen molar-refractivity contribution < 1.29 is 4.74 Å². The van der Waals surface area contributed by atoms with Gasteiger partial charge in [-0.2, -0.15) is 0 Å². The predicted octanol–water partition coefficient (Wildman–Crippen LogP) is 1.12. The molecule has 0 aromatic carbocycles. The maximum Gasteiger partial charge on any atom is 0.137 e. The minimum atomic E-state index is 0.493. The van der Waals surface area contributed by atoms with Gasteiger partial charge in [0.1, 0.15) is 5.75 Å². The molecule has 1 atom stereocenters. The van der Waals surface area contributed by atoms with Crippen molar-refractivity contribution in [2.45, 2.75) is 12.5 Å². The van der Waals surface area contributed by atoms with E-state index in [2.05, 4.69) is 10.3 Å². The first kappa shape index (κ1) is 7.55. The summed E-state index contributed by atoms with van der Waals surface area (Å²) in [6.07, 6.45) is 4.82. The van der Waals surface area contributed by atoms with E-state index < -0.39 is 0 Å². The zero-order valence-corrected chi connectivity index (χ0v) is 7.08. The topological polar surface area (TPSA) is 34.1 Å². The minimum absolute atomic E-state index is 0.493. The molecule has 1 aliphatic rings. The van der Waals surface area contributed by atoms with Crippen LogP contribution in [0, 0.1) is 0 Å². The van der Waals surface area contributed by atoms with Crippen molar-refractivity contribution in [1.29, 1.82) is 0 Å². The molecule has 12 heavy (non-hydrogen) atoms. The van der Waals surface area contributed by atoms with Crippen LogP contribution in [0.3, 0.4) is 0 Å². The maximum absolute atomic E-state index is 5.08. The lowest BCUT2D eigenvalue weighted by Gasteiger charge is -2.27. The number of aromatic nitrogens is 1. The van der Waals surface area contributed by atoms with E-state index in [0.29, 0.717) is 6.04 Å². The van der Waals surface area contributed by atoms with Crippen molar-refractivity contribution >= 4 is 0 Å². The van der Waals surface area contributed by atoms with Gasteiger partial charge in [0.15, 0.2) is 0 Å². The van der Waals surface area contributed by atoms with Gasteiger partial charge in [0, 0.05) is 12.2 Å². The SMILES string of the molecule is COc1cncc([C@@H]2CCN2)c1. The predicted molar refractivity (Wildman–Crippen MR) is 46.1 cm³/mol. The van der Waals surface area contributed by atoms with E-state index in [1.54, 1.807) is 13.3 Å². The van der Waals surface area contributed by atoms with Crippen molar-refractivity contribution in [2.75, 3.05) is 13.7 Å². The van der Waals surface area contributed by atoms with Gasteiger partial charge >= 0.3 is 0 Å². The Bertz CT molecular complexity index is 271. The smallest absolute Gasteiger partial charge is 0.137 e. The largest absolute Gasteiger partial charge is 0.495 e. The molecule has 0 amide bonds. The fourth-order valence-electron chi connectivity index (χ4n) is 1.31. The second-order valence-electron chi connectivity index (χ2n) is 2.95. The molecule has 1 saturated heterocycles. The monoisotopic (exact) mass is 164 g/mol. The molecule has 0 spiro atoms. The Kier molecular flexibility index (Phi) is 1.96. The van der Waals surface area contributed by atoms with Gasteiger partial charge in [0.25, 0.3) is 0 Å². The number of pyridine rings is 1. The van der Waals surface area contributed by atoms with Crippen molar-refractivity contribution in [2.24, 2.45) is 0 Å². The Morgan fingerprint density at radius 1 is 1.58 bits per heavy atom. The first-order valence-corrected chi connectivity index (χ1v) is 4.12. The standard InChI is InChI=1S/C9H12N2O/c1-12-8-4-7(5-10-6-8)9-2-3-11-9/h4-6,9,11H,2-3H2,1H3/t9-/m0/s1. The lowest BCUT2D eigenvalue weighted by Crippen LogP contribution is -2.34. The zero-order valence-electron chi connectivity index (χ0n) is 7.08. The molecule has 3 heteroatoms. The van der Waals surface area contributed by atoms with Crippen LogP contribution in [0.2, 0.25) is 0 Å². The van der Waals surface area contributed by atoms with E-state index >= 15 is 0 Å². The Labute approximate surface area is 71.8 Å². The molecule has 1 fully saturated rings. The molecule has 2 rings (SSSR count). The minimum Gasteiger partial charge on any atom is -0.495 e. The third-order valence-electron chi connectivity index (χ3n) is 2.20. The molecule has 0 radical (unpaired) electrons. The average molecular weight is 164 g/mol. The van der Waals surface area contributed by atoms with Crippen LogP contribution in [0.25, 0.3) is 0 Å². The Balaban J connectivity index is 2.19. The fourth-order valence-corrected chi connectivity index (χ4v) is 1.31. The molecule has 0 aliphatic carbocycles. The number of nitrogens with zero attached hydrogens (tertiary/aromatic N) is 1. The number of hydrogen-bond donors (Lipinski definition) is 1. The highest BCUT2D eigenvalue weighted by atomic mass is 16.5. The van der Waals surface area contributed by atoms with Crippen molar-refractivity contribution in [3.63, 3.8) is 0 Å². The summed E-state index contributed by atoms with van der Waals surface area (Å²) < 4.78 is 5.08. The third-order valence-corrected chi connectivity index (χ3v) is 2.20. The number of ether oxygens (including phenoxy) is 1. The van der Waals surface area contributed by atoms with Crippen LogP contribution in [-0.4, -0.2) is 18.6 Å². The van der Waals surface area contributed by atoms with E-state index in [1.165, 1.54) is 12.0 Å². The van der Waals surface area contributed by atoms with Crippen LogP contribution in [0.5, 0.6) is 5.75 Å². The van der Waals surface area contributed by atoms with Gasteiger partial charge in [-0.25, -0.2) is 0 Å². The summed E-state index contributed by atoms with van der Waals surface area (Å²) in [7, 11) is 1.66. The second-order valence-corrected chi connectivity index (χ2v) is 2.95. The Morgan fingerprint density at radius 3 is 3.00 bits per heavy atom. The number of hydrogen-bond acceptors (Lipinski definition) is 3. The third kappa shape index (κ3) is 1.28. The fraction of sp³-hybridized carbons (Fsp3) is 0.444. The maximum atomic E-state index is 5.08. The van der Waals surface area contributed by atoms with Crippen LogP contribution in [0.15, 0.2) is 18.5 Å². The Morgan fingerprint density at radius 2 is 2.42 bits per heavy atom. The first-order chi connectivity index (χ1) is 5.90. The van der Waals surface area contributed by atoms with Crippen LogP contribution >= 0.6 is 0 Å². The van der Waals surface area contributed by atoms with Crippen molar-refractivity contribution in [3.05, 3.63) is 24.0 Å². The van der Waals surface area contributed by atoms with Gasteiger partial charge in [-0.3, -0.25) is 4.98 Å². The molecule has 1 N–H and O–H groups in total. The summed E-state index contributed by atoms with van der Waals surface area (Å²) in [5.41, 5.74) is 1.22. The molecule has 0 unspecified atom stereocenters. The highest BCUT2D eigenvalue weighted by Gasteiger charge is 2.18. The molecule has 2 heterocycles. The molecular weight excluding hydrogens is 152 g/mol. The van der Waals surface area contributed by atoms with Crippen LogP contribution in [0.1, 0.15) is 18.0 Å². The Hall–Kier alpha value is -1.09. The molecule has 0 saturated carbocycles. The molecular formula is C9H12N2O. The number of methoxy groups -OCH3 is 1. The number of nitrogens with one attached hydrogen (secondary N) is 1. The summed E-state index contributed by atoms with van der Waals surface area (Å²) >= 11 is 0. The zero-order chi connectivity index (χ0) is 8.39. The molecule has 0 bridgehead atoms. The molecule has 1 aromatic heterocycles. The summed E-state index contributed by atoms with van der Waals surface area (Å²) in [6, 6.07) is 2.52. The van der Waals surface area contributed by atoms with E-state index in [0.717, 1.165) is 12.3 Å². The van der Waals surface area contributed by atoms with E-state index in [-0.39, 0.29) is 0 Å². The summed E-state index contributed by atoms with van der Waals surface area (Å²) in [4.78, 5) is 4.09. The summed E-state index contributed by atoms with van der Waals surface area (Å²) in [5.74, 6) is 0.834. The summed E-state index contributed by atoms with van der Waals surface area (Å²) in [5, 5.41) is 3.32. The van der Waals surface area contributed by atoms with Crippen LogP contribution in [0.4, 0.5) is 0 Å². The van der Waals surface area contributed by atoms with Gasteiger partial charge in [0.05, 0.1) is 13.3 Å². The van der Waals surface area contributed by atoms with E-state index in [9.17, 15) is 0 Å². The second kappa shape index (κ2) is 3.11. The normalized spacial score (nSPS) is 21.6. The highest BCUT2D eigenvalue weighted by molar-refractivity contribution is 5.26. The van der Waals surface area contributed by atoms with E-state index in [1.807, 2.05) is 12.3 Å². The van der Waals surface area contributed by atoms with E-state index in [4.69, 9.17) is 4.74 Å². The number of rotatable bonds is 2. The van der Waals surface area contributed by atoms with Crippen LogP contribution in [-0.2, 0) is 0 Å². The van der Waals surface area contributed by atoms with Crippen LogP contribution < -0.4 is 10.1 Å². The van der Waals surface area contributed by atoms with Gasteiger partial charge in [-0.1, -0.05) is 0 Å². The molecule has 1 aliphatic heterocycles. The van der Waals surface area contributed by atoms with Gasteiger partial charge in [0.2, 0.25) is 0 Å². The highest BCUT2D eigenvalue weighted by Crippen LogP contribution is 2.24. The van der Waals surface area contributed by atoms with Gasteiger partial charge in [-0.05, 0) is 24.6 Å². The lowest BCUT2D eigenvalue weighted by atomic mass is 10.00. The average Bonchev–Trinajstić information content (AvgIpc) is 2.02. The molecule has 3 nitrogen and oxygen atoms in total. The van der Waals surface area contributed by atoms with Crippen molar-refractivity contribution in [3.8, 4) is 5.75 Å². The molecule has 64 valence electrons. The summed E-state index contributed by atoms with van der Waals surface area (Å²) in [6.45, 7) is 1.11. The van der Waals surface area contributed by atoms with Gasteiger partial charge < -0.3 is 10.1 Å². The first-order valence-electron chi connectivity index (χ1n) is 4.12. The quantitative estimate of drug-likeness (QED) is 0.711. The van der Waals surface area contributed by atoms with Crippen molar-refractivity contribution in [1.82, 2.24) is 10.3 Å². The molecule has 1 aromatic rings. The van der Waals surface area contributed by atoms with Gasteiger partial charge in [-0.15, -0.1) is 0 Å².